The lowest BCUT2D eigenvalue weighted by molar-refractivity contribution is -0.114. The van der Waals surface area contributed by atoms with Crippen LogP contribution in [-0.2, 0) is 4.79 Å². The molecule has 0 atom stereocenters. The average molecular weight is 435 g/mol. The Morgan fingerprint density at radius 2 is 1.90 bits per heavy atom. The molecule has 0 radical (unpaired) electrons. The first kappa shape index (κ1) is 19.1. The summed E-state index contributed by atoms with van der Waals surface area (Å²) in [6, 6.07) is 10.9. The first-order chi connectivity index (χ1) is 15.1. The third-order valence-corrected chi connectivity index (χ3v) is 5.58. The number of aromatic nitrogens is 3. The summed E-state index contributed by atoms with van der Waals surface area (Å²) in [6.07, 6.45) is 1.48. The van der Waals surface area contributed by atoms with Crippen LogP contribution in [0.15, 0.2) is 42.6 Å². The van der Waals surface area contributed by atoms with Gasteiger partial charge >= 0.3 is 0 Å². The van der Waals surface area contributed by atoms with Gasteiger partial charge in [0.25, 0.3) is 5.91 Å². The molecule has 31 heavy (non-hydrogen) atoms. The number of ether oxygens (including phenoxy) is 2. The van der Waals surface area contributed by atoms with E-state index in [4.69, 9.17) is 9.47 Å². The summed E-state index contributed by atoms with van der Waals surface area (Å²) in [5, 5.41) is 12.9. The van der Waals surface area contributed by atoms with Crippen molar-refractivity contribution in [3.8, 4) is 22.8 Å². The van der Waals surface area contributed by atoms with Crippen molar-refractivity contribution < 1.29 is 19.1 Å². The second-order valence-electron chi connectivity index (χ2n) is 6.85. The van der Waals surface area contributed by atoms with Gasteiger partial charge in [0.1, 0.15) is 13.2 Å². The maximum atomic E-state index is 12.9. The molecule has 1 aliphatic rings. The summed E-state index contributed by atoms with van der Waals surface area (Å²) in [5.41, 5.74) is 3.13. The van der Waals surface area contributed by atoms with E-state index in [2.05, 4.69) is 25.8 Å². The second kappa shape index (κ2) is 7.73. The summed E-state index contributed by atoms with van der Waals surface area (Å²) < 4.78 is 12.0. The summed E-state index contributed by atoms with van der Waals surface area (Å²) in [5.74, 6) is 0.822. The van der Waals surface area contributed by atoms with Crippen LogP contribution >= 0.6 is 11.3 Å². The molecule has 3 N–H and O–H groups in total. The lowest BCUT2D eigenvalue weighted by Gasteiger charge is -2.18. The van der Waals surface area contributed by atoms with Crippen molar-refractivity contribution in [2.75, 3.05) is 23.8 Å². The molecule has 10 heteroatoms. The number of rotatable bonds is 4. The van der Waals surface area contributed by atoms with Gasteiger partial charge in [-0.05, 0) is 36.4 Å². The normalized spacial score (nSPS) is 12.5. The standard InChI is InChI=1S/C21H17N5O4S/c1-11(27)23-13-3-4-15-18(9-13)31-21(24-15)25-20(28)14-10-22-26-19(14)12-2-5-16-17(8-12)30-7-6-29-16/h2-5,8-10H,6-7H2,1H3,(H,22,26)(H,23,27)(H,24,25,28). The van der Waals surface area contributed by atoms with Crippen molar-refractivity contribution >= 4 is 44.2 Å². The van der Waals surface area contributed by atoms with E-state index in [0.29, 0.717) is 46.8 Å². The summed E-state index contributed by atoms with van der Waals surface area (Å²) in [7, 11) is 0. The van der Waals surface area contributed by atoms with E-state index in [1.165, 1.54) is 24.5 Å². The minimum absolute atomic E-state index is 0.149. The number of nitrogens with one attached hydrogen (secondary N) is 3. The first-order valence-corrected chi connectivity index (χ1v) is 10.3. The summed E-state index contributed by atoms with van der Waals surface area (Å²) >= 11 is 1.32. The second-order valence-corrected chi connectivity index (χ2v) is 7.88. The van der Waals surface area contributed by atoms with E-state index >= 15 is 0 Å². The van der Waals surface area contributed by atoms with E-state index in [9.17, 15) is 9.59 Å². The number of amides is 2. The molecule has 2 aromatic heterocycles. The third-order valence-electron chi connectivity index (χ3n) is 4.64. The zero-order valence-corrected chi connectivity index (χ0v) is 17.2. The van der Waals surface area contributed by atoms with Gasteiger partial charge in [-0.2, -0.15) is 5.10 Å². The summed E-state index contributed by atoms with van der Waals surface area (Å²) in [6.45, 7) is 2.44. The van der Waals surface area contributed by atoms with Gasteiger partial charge in [0.2, 0.25) is 5.91 Å². The predicted octanol–water partition coefficient (Wildman–Crippen LogP) is 3.67. The molecule has 0 unspecified atom stereocenters. The van der Waals surface area contributed by atoms with E-state index in [0.717, 1.165) is 15.8 Å². The fourth-order valence-electron chi connectivity index (χ4n) is 3.30. The van der Waals surface area contributed by atoms with Crippen molar-refractivity contribution in [3.63, 3.8) is 0 Å². The van der Waals surface area contributed by atoms with E-state index in [-0.39, 0.29) is 11.8 Å². The molecule has 3 heterocycles. The highest BCUT2D eigenvalue weighted by atomic mass is 32.1. The summed E-state index contributed by atoms with van der Waals surface area (Å²) in [4.78, 5) is 28.6. The molecule has 2 aromatic carbocycles. The van der Waals surface area contributed by atoms with Gasteiger partial charge in [-0.1, -0.05) is 11.3 Å². The molecule has 4 aromatic rings. The fraction of sp³-hybridized carbons (Fsp3) is 0.143. The zero-order chi connectivity index (χ0) is 21.4. The minimum Gasteiger partial charge on any atom is -0.486 e. The third kappa shape index (κ3) is 3.80. The minimum atomic E-state index is -0.334. The number of thiazole rings is 1. The lowest BCUT2D eigenvalue weighted by atomic mass is 10.1. The van der Waals surface area contributed by atoms with Gasteiger partial charge in [0.05, 0.1) is 27.7 Å². The average Bonchev–Trinajstić information content (AvgIpc) is 3.39. The van der Waals surface area contributed by atoms with Crippen LogP contribution in [0, 0.1) is 0 Å². The molecule has 5 rings (SSSR count). The number of anilines is 2. The van der Waals surface area contributed by atoms with Crippen LogP contribution in [0.5, 0.6) is 11.5 Å². The molecule has 1 aliphatic heterocycles. The molecule has 9 nitrogen and oxygen atoms in total. The Morgan fingerprint density at radius 1 is 1.06 bits per heavy atom. The zero-order valence-electron chi connectivity index (χ0n) is 16.4. The molecule has 0 fully saturated rings. The Labute approximate surface area is 180 Å². The highest BCUT2D eigenvalue weighted by Gasteiger charge is 2.19. The lowest BCUT2D eigenvalue weighted by Crippen LogP contribution is -2.15. The molecule has 0 aliphatic carbocycles. The Morgan fingerprint density at radius 3 is 2.74 bits per heavy atom. The number of carbonyl (C=O) groups is 2. The molecule has 0 spiro atoms. The number of carbonyl (C=O) groups excluding carboxylic acids is 2. The van der Waals surface area contributed by atoms with Crippen molar-refractivity contribution in [2.24, 2.45) is 0 Å². The van der Waals surface area contributed by atoms with Crippen LogP contribution in [-0.4, -0.2) is 40.2 Å². The van der Waals surface area contributed by atoms with Crippen LogP contribution in [0.3, 0.4) is 0 Å². The topological polar surface area (TPSA) is 118 Å². The van der Waals surface area contributed by atoms with Gasteiger partial charge in [-0.3, -0.25) is 20.0 Å². The smallest absolute Gasteiger partial charge is 0.261 e. The number of fused-ring (bicyclic) bond motifs is 2. The Hall–Kier alpha value is -3.92. The van der Waals surface area contributed by atoms with Crippen molar-refractivity contribution in [1.82, 2.24) is 15.2 Å². The number of aromatic amines is 1. The van der Waals surface area contributed by atoms with Crippen LogP contribution < -0.4 is 20.1 Å². The molecule has 0 saturated heterocycles. The van der Waals surface area contributed by atoms with Crippen LogP contribution in [0.2, 0.25) is 0 Å². The SMILES string of the molecule is CC(=O)Nc1ccc2nc(NC(=O)c3cn[nH]c3-c3ccc4c(c3)OCCO4)sc2c1. The Bertz CT molecular complexity index is 1310. The quantitative estimate of drug-likeness (QED) is 0.450. The monoisotopic (exact) mass is 435 g/mol. The van der Waals surface area contributed by atoms with Gasteiger partial charge in [0, 0.05) is 18.2 Å². The van der Waals surface area contributed by atoms with E-state index < -0.39 is 0 Å². The number of benzene rings is 2. The Balaban J connectivity index is 1.39. The first-order valence-electron chi connectivity index (χ1n) is 9.50. The van der Waals surface area contributed by atoms with Gasteiger partial charge < -0.3 is 14.8 Å². The van der Waals surface area contributed by atoms with Crippen molar-refractivity contribution in [3.05, 3.63) is 48.2 Å². The van der Waals surface area contributed by atoms with Gasteiger partial charge in [-0.25, -0.2) is 4.98 Å². The highest BCUT2D eigenvalue weighted by molar-refractivity contribution is 7.22. The largest absolute Gasteiger partial charge is 0.486 e. The van der Waals surface area contributed by atoms with Crippen LogP contribution in [0.25, 0.3) is 21.5 Å². The fourth-order valence-corrected chi connectivity index (χ4v) is 4.20. The number of nitrogens with zero attached hydrogens (tertiary/aromatic N) is 2. The number of hydrogen-bond donors (Lipinski definition) is 3. The molecular weight excluding hydrogens is 418 g/mol. The van der Waals surface area contributed by atoms with Crippen molar-refractivity contribution in [1.29, 1.82) is 0 Å². The predicted molar refractivity (Wildman–Crippen MR) is 117 cm³/mol. The molecule has 156 valence electrons. The van der Waals surface area contributed by atoms with Gasteiger partial charge in [-0.15, -0.1) is 0 Å². The highest BCUT2D eigenvalue weighted by Crippen LogP contribution is 2.35. The van der Waals surface area contributed by atoms with Gasteiger partial charge in [0.15, 0.2) is 16.6 Å². The van der Waals surface area contributed by atoms with Crippen molar-refractivity contribution in [2.45, 2.75) is 6.92 Å². The molecule has 0 bridgehead atoms. The van der Waals surface area contributed by atoms with Crippen LogP contribution in [0.4, 0.5) is 10.8 Å². The maximum absolute atomic E-state index is 12.9. The van der Waals surface area contributed by atoms with E-state index in [1.807, 2.05) is 24.3 Å². The molecule has 0 saturated carbocycles. The number of H-pyrrole nitrogens is 1. The maximum Gasteiger partial charge on any atom is 0.261 e. The number of hydrogen-bond acceptors (Lipinski definition) is 7. The molecular formula is C21H17N5O4S. The van der Waals surface area contributed by atoms with Crippen LogP contribution in [0.1, 0.15) is 17.3 Å². The Kier molecular flexibility index (Phi) is 4.75. The molecule has 2 amide bonds. The van der Waals surface area contributed by atoms with E-state index in [1.54, 1.807) is 12.1 Å².